The first-order valence-electron chi connectivity index (χ1n) is 21.5. The average Bonchev–Trinajstić information content (AvgIpc) is 4.09. The molecule has 0 bridgehead atoms. The van der Waals surface area contributed by atoms with E-state index in [1.165, 1.54) is 22.9 Å². The van der Waals surface area contributed by atoms with E-state index in [0.717, 1.165) is 56.1 Å². The van der Waals surface area contributed by atoms with Crippen LogP contribution >= 0.6 is 22.7 Å². The van der Waals surface area contributed by atoms with Crippen LogP contribution in [0.15, 0.2) is 233 Å². The molecule has 0 spiro atoms. The van der Waals surface area contributed by atoms with Crippen molar-refractivity contribution in [2.45, 2.75) is 11.1 Å². The zero-order valence-electron chi connectivity index (χ0n) is 36.5. The van der Waals surface area contributed by atoms with Gasteiger partial charge in [0.25, 0.3) is 0 Å². The second-order valence-corrected chi connectivity index (χ2v) is 17.0. The number of hydrogen-bond donors (Lipinski definition) is 3. The van der Waals surface area contributed by atoms with Gasteiger partial charge in [-0.15, -0.1) is 22.7 Å². The fourth-order valence-corrected chi connectivity index (χ4v) is 9.54. The maximum Gasteiger partial charge on any atom is 0.370 e. The molecule has 338 valence electrons. The van der Waals surface area contributed by atoms with E-state index in [2.05, 4.69) is 25.9 Å². The second kappa shape index (κ2) is 20.8. The van der Waals surface area contributed by atoms with Crippen LogP contribution < -0.4 is 10.6 Å². The second-order valence-electron chi connectivity index (χ2n) is 15.3. The average molecular weight is 945 g/mol. The number of rotatable bonds is 16. The van der Waals surface area contributed by atoms with Gasteiger partial charge in [0.05, 0.1) is 5.56 Å². The van der Waals surface area contributed by atoms with Crippen molar-refractivity contribution < 1.29 is 29.2 Å². The van der Waals surface area contributed by atoms with Gasteiger partial charge in [0.2, 0.25) is 11.4 Å². The molecule has 0 fully saturated rings. The van der Waals surface area contributed by atoms with Crippen LogP contribution in [0.1, 0.15) is 55.1 Å². The van der Waals surface area contributed by atoms with Gasteiger partial charge in [0, 0.05) is 10.8 Å². The zero-order valence-corrected chi connectivity index (χ0v) is 38.1. The van der Waals surface area contributed by atoms with Crippen molar-refractivity contribution in [3.63, 3.8) is 0 Å². The van der Waals surface area contributed by atoms with Gasteiger partial charge < -0.3 is 25.4 Å². The van der Waals surface area contributed by atoms with Crippen LogP contribution in [0.25, 0.3) is 0 Å². The number of oxime groups is 2. The molecule has 9 aromatic rings. The van der Waals surface area contributed by atoms with E-state index in [1.54, 1.807) is 18.2 Å². The first kappa shape index (κ1) is 45.3. The summed E-state index contributed by atoms with van der Waals surface area (Å²) >= 11 is 2.30. The monoisotopic (exact) mass is 944 g/mol. The minimum Gasteiger partial charge on any atom is -0.410 e. The fourth-order valence-electron chi connectivity index (χ4n) is 8.04. The Morgan fingerprint density at radius 3 is 1.09 bits per heavy atom. The molecule has 2 aromatic heterocycles. The molecule has 0 aliphatic heterocycles. The number of carbonyl (C=O) groups excluding carboxylic acids is 3. The molecule has 69 heavy (non-hydrogen) atoms. The molecular formula is C55H40N6O6S2. The Morgan fingerprint density at radius 2 is 0.754 bits per heavy atom. The van der Waals surface area contributed by atoms with Gasteiger partial charge in [-0.05, 0) is 45.5 Å². The summed E-state index contributed by atoms with van der Waals surface area (Å²) in [5.74, 6) is -3.58. The Kier molecular flexibility index (Phi) is 13.6. The van der Waals surface area contributed by atoms with E-state index in [1.807, 2.05) is 182 Å². The van der Waals surface area contributed by atoms with Crippen molar-refractivity contribution in [1.29, 1.82) is 0 Å². The number of anilines is 2. The molecule has 0 radical (unpaired) electrons. The van der Waals surface area contributed by atoms with E-state index in [4.69, 9.17) is 14.6 Å². The van der Waals surface area contributed by atoms with Crippen molar-refractivity contribution >= 4 is 62.3 Å². The van der Waals surface area contributed by atoms with Gasteiger partial charge in [-0.3, -0.25) is 0 Å². The first-order valence-corrected chi connectivity index (χ1v) is 23.3. The molecule has 0 aliphatic carbocycles. The standard InChI is InChI=1S/C55H40N6O6S2/c62-49(38-22-8-1-9-23-38)67-61-48(46-37-69-53(57-46)59-55(42-30-16-5-17-31-42,43-32-18-6-19-33-43)44-34-20-7-21-35-44)51(64)66-50(63)47(60-65)45-36-68-52(56-45)58-54(39-24-10-2-11-25-39,40-26-12-3-13-27-40)41-28-14-4-15-29-41/h1-37,65H,(H,56,58)(H,57,59). The Balaban J connectivity index is 1.03. The maximum atomic E-state index is 14.2. The highest BCUT2D eigenvalue weighted by atomic mass is 32.1. The summed E-state index contributed by atoms with van der Waals surface area (Å²) in [4.78, 5) is 56.0. The molecule has 0 unspecified atom stereocenters. The largest absolute Gasteiger partial charge is 0.410 e. The van der Waals surface area contributed by atoms with Crippen molar-refractivity contribution in [1.82, 2.24) is 9.97 Å². The number of carbonyl (C=O) groups is 3. The molecule has 0 saturated carbocycles. The number of ether oxygens (including phenoxy) is 1. The number of hydrogen-bond acceptors (Lipinski definition) is 14. The van der Waals surface area contributed by atoms with Crippen LogP contribution in [0.5, 0.6) is 0 Å². The lowest BCUT2D eigenvalue weighted by Crippen LogP contribution is -2.38. The van der Waals surface area contributed by atoms with Crippen molar-refractivity contribution in [3.05, 3.63) is 273 Å². The van der Waals surface area contributed by atoms with Crippen LogP contribution in [-0.4, -0.2) is 44.5 Å². The Hall–Kier alpha value is -8.85. The van der Waals surface area contributed by atoms with E-state index in [0.29, 0.717) is 10.3 Å². The summed E-state index contributed by atoms with van der Waals surface area (Å²) in [6.45, 7) is 0. The summed E-state index contributed by atoms with van der Waals surface area (Å²) in [6, 6.07) is 67.2. The Morgan fingerprint density at radius 1 is 0.449 bits per heavy atom. The third-order valence-corrected chi connectivity index (χ3v) is 12.7. The number of aromatic nitrogens is 2. The highest BCUT2D eigenvalue weighted by molar-refractivity contribution is 7.14. The van der Waals surface area contributed by atoms with Gasteiger partial charge in [0.1, 0.15) is 22.5 Å². The van der Waals surface area contributed by atoms with Crippen LogP contribution in [0.3, 0.4) is 0 Å². The van der Waals surface area contributed by atoms with E-state index in [-0.39, 0.29) is 17.0 Å². The molecule has 7 aromatic carbocycles. The molecule has 9 rings (SSSR count). The topological polar surface area (TPSA) is 164 Å². The summed E-state index contributed by atoms with van der Waals surface area (Å²) in [5.41, 5.74) is 2.19. The van der Waals surface area contributed by atoms with E-state index in [9.17, 15) is 19.6 Å². The summed E-state index contributed by atoms with van der Waals surface area (Å²) < 4.78 is 5.35. The number of nitrogens with one attached hydrogen (secondary N) is 2. The highest BCUT2D eigenvalue weighted by Crippen LogP contribution is 2.42. The Labute approximate surface area is 404 Å². The molecule has 3 N–H and O–H groups in total. The number of benzene rings is 7. The lowest BCUT2D eigenvalue weighted by molar-refractivity contribution is -0.149. The third-order valence-electron chi connectivity index (χ3n) is 11.2. The number of nitrogens with zero attached hydrogens (tertiary/aromatic N) is 4. The molecule has 0 amide bonds. The van der Waals surface area contributed by atoms with Crippen LogP contribution in [0.2, 0.25) is 0 Å². The van der Waals surface area contributed by atoms with Crippen LogP contribution in [-0.2, 0) is 30.2 Å². The quantitative estimate of drug-likeness (QED) is 0.0161. The molecule has 0 saturated heterocycles. The molecule has 0 aliphatic rings. The predicted octanol–water partition coefficient (Wildman–Crippen LogP) is 10.9. The van der Waals surface area contributed by atoms with Gasteiger partial charge in [-0.2, -0.15) is 0 Å². The summed E-state index contributed by atoms with van der Waals surface area (Å²) in [6.07, 6.45) is 0. The number of thiazole rings is 2. The smallest absolute Gasteiger partial charge is 0.370 e. The van der Waals surface area contributed by atoms with Gasteiger partial charge in [0.15, 0.2) is 10.3 Å². The minimum atomic E-state index is -1.35. The lowest BCUT2D eigenvalue weighted by atomic mass is 9.77. The van der Waals surface area contributed by atoms with E-state index < -0.39 is 40.4 Å². The Bertz CT molecular complexity index is 3040. The fraction of sp³-hybridized carbons (Fsp3) is 0.0364. The van der Waals surface area contributed by atoms with Crippen molar-refractivity contribution in [2.24, 2.45) is 10.3 Å². The van der Waals surface area contributed by atoms with Gasteiger partial charge >= 0.3 is 17.9 Å². The van der Waals surface area contributed by atoms with E-state index >= 15 is 0 Å². The molecule has 0 atom stereocenters. The summed E-state index contributed by atoms with van der Waals surface area (Å²) in [7, 11) is 0. The lowest BCUT2D eigenvalue weighted by Gasteiger charge is -2.36. The maximum absolute atomic E-state index is 14.2. The molecule has 12 nitrogen and oxygen atoms in total. The van der Waals surface area contributed by atoms with Gasteiger partial charge in [-0.25, -0.2) is 24.4 Å². The SMILES string of the molecule is O=C(OC(=O)C(=NOC(=O)c1ccccc1)c1csc(NC(c2ccccc2)(c2ccccc2)c2ccccc2)n1)C(=NO)c1csc(NC(c2ccccc2)(c2ccccc2)c2ccccc2)n1. The zero-order chi connectivity index (χ0) is 47.5. The first-order chi connectivity index (χ1) is 33.9. The minimum absolute atomic E-state index is 0.0778. The summed E-state index contributed by atoms with van der Waals surface area (Å²) in [5, 5.41) is 28.4. The normalized spacial score (nSPS) is 11.9. The van der Waals surface area contributed by atoms with Crippen molar-refractivity contribution in [3.8, 4) is 0 Å². The molecule has 2 heterocycles. The number of esters is 2. The third kappa shape index (κ3) is 9.56. The molecule has 14 heteroatoms. The van der Waals surface area contributed by atoms with Crippen LogP contribution in [0, 0.1) is 0 Å². The molecular weight excluding hydrogens is 905 g/mol. The predicted molar refractivity (Wildman–Crippen MR) is 268 cm³/mol. The highest BCUT2D eigenvalue weighted by Gasteiger charge is 2.39. The van der Waals surface area contributed by atoms with Crippen molar-refractivity contribution in [2.75, 3.05) is 10.6 Å². The van der Waals surface area contributed by atoms with Gasteiger partial charge in [-0.1, -0.05) is 211 Å². The van der Waals surface area contributed by atoms with Crippen LogP contribution in [0.4, 0.5) is 10.3 Å².